The quantitative estimate of drug-likeness (QED) is 0.578. The zero-order valence-electron chi connectivity index (χ0n) is 10.9. The molecule has 1 aromatic heterocycles. The summed E-state index contributed by atoms with van der Waals surface area (Å²) in [6, 6.07) is 10.5. The van der Waals surface area contributed by atoms with E-state index < -0.39 is 5.76 Å². The van der Waals surface area contributed by atoms with Gasteiger partial charge in [0.25, 0.3) is 0 Å². The van der Waals surface area contributed by atoms with Crippen molar-refractivity contribution < 1.29 is 8.81 Å². The number of aromatic nitrogens is 1. The molecule has 0 spiro atoms. The van der Waals surface area contributed by atoms with Crippen LogP contribution in [0.4, 0.5) is 4.39 Å². The fraction of sp³-hybridized carbons (Fsp3) is 0.133. The van der Waals surface area contributed by atoms with Crippen LogP contribution in [0.5, 0.6) is 0 Å². The highest BCUT2D eigenvalue weighted by atomic mass is 79.9. The van der Waals surface area contributed by atoms with Gasteiger partial charge in [-0.3, -0.25) is 4.57 Å². The second-order valence-electron chi connectivity index (χ2n) is 4.66. The Kier molecular flexibility index (Phi) is 3.75. The van der Waals surface area contributed by atoms with E-state index in [4.69, 9.17) is 4.42 Å². The third-order valence-electron chi connectivity index (χ3n) is 3.36. The molecule has 0 fully saturated rings. The first-order valence-electron chi connectivity index (χ1n) is 6.16. The minimum Gasteiger partial charge on any atom is -0.408 e. The Balaban J connectivity index is 2.11. The van der Waals surface area contributed by atoms with Gasteiger partial charge in [0.15, 0.2) is 5.58 Å². The van der Waals surface area contributed by atoms with Crippen molar-refractivity contribution in [2.45, 2.75) is 4.83 Å². The van der Waals surface area contributed by atoms with E-state index in [0.29, 0.717) is 21.1 Å². The molecule has 0 aliphatic carbocycles. The number of alkyl halides is 1. The number of rotatable bonds is 2. The maximum atomic E-state index is 14.2. The average molecular weight is 415 g/mol. The van der Waals surface area contributed by atoms with Gasteiger partial charge in [-0.05, 0) is 39.7 Å². The molecular weight excluding hydrogens is 405 g/mol. The van der Waals surface area contributed by atoms with Crippen LogP contribution in [0.3, 0.4) is 0 Å². The standard InChI is InChI=1S/C15H10Br2FNO2/c1-19-11-6-5-8(7-12(11)21-15(19)20)13(17)9-3-2-4-10(16)14(9)18/h2-7,13H,1H3. The second kappa shape index (κ2) is 5.42. The van der Waals surface area contributed by atoms with Crippen molar-refractivity contribution in [1.82, 2.24) is 4.57 Å². The van der Waals surface area contributed by atoms with Crippen LogP contribution < -0.4 is 5.76 Å². The summed E-state index contributed by atoms with van der Waals surface area (Å²) < 4.78 is 21.2. The number of fused-ring (bicyclic) bond motifs is 1. The van der Waals surface area contributed by atoms with E-state index in [2.05, 4.69) is 31.9 Å². The summed E-state index contributed by atoms with van der Waals surface area (Å²) >= 11 is 6.68. The minimum atomic E-state index is -0.415. The predicted octanol–water partition coefficient (Wildman–Crippen LogP) is 4.52. The molecule has 2 aromatic carbocycles. The van der Waals surface area contributed by atoms with Crippen LogP contribution in [0, 0.1) is 5.82 Å². The van der Waals surface area contributed by atoms with E-state index in [-0.39, 0.29) is 10.6 Å². The molecular formula is C15H10Br2FNO2. The molecule has 0 saturated carbocycles. The average Bonchev–Trinajstić information content (AvgIpc) is 2.76. The number of hydrogen-bond acceptors (Lipinski definition) is 2. The highest BCUT2D eigenvalue weighted by molar-refractivity contribution is 9.10. The molecule has 0 radical (unpaired) electrons. The lowest BCUT2D eigenvalue weighted by molar-refractivity contribution is 0.528. The number of halogens is 3. The number of benzene rings is 2. The van der Waals surface area contributed by atoms with Crippen molar-refractivity contribution in [3.63, 3.8) is 0 Å². The molecule has 0 N–H and O–H groups in total. The fourth-order valence-electron chi connectivity index (χ4n) is 2.20. The Hall–Kier alpha value is -1.40. The van der Waals surface area contributed by atoms with Gasteiger partial charge in [0, 0.05) is 12.6 Å². The molecule has 108 valence electrons. The minimum absolute atomic E-state index is 0.311. The predicted molar refractivity (Wildman–Crippen MR) is 86.3 cm³/mol. The molecule has 3 rings (SSSR count). The van der Waals surface area contributed by atoms with E-state index in [1.165, 1.54) is 4.57 Å². The van der Waals surface area contributed by atoms with Crippen molar-refractivity contribution in [3.8, 4) is 0 Å². The number of aryl methyl sites for hydroxylation is 1. The van der Waals surface area contributed by atoms with Gasteiger partial charge in [0.05, 0.1) is 14.8 Å². The van der Waals surface area contributed by atoms with E-state index >= 15 is 0 Å². The Morgan fingerprint density at radius 2 is 2.05 bits per heavy atom. The van der Waals surface area contributed by atoms with Gasteiger partial charge in [-0.2, -0.15) is 0 Å². The summed E-state index contributed by atoms with van der Waals surface area (Å²) in [6.07, 6.45) is 0. The van der Waals surface area contributed by atoms with Gasteiger partial charge in [-0.15, -0.1) is 0 Å². The molecule has 0 amide bonds. The Morgan fingerprint density at radius 1 is 1.29 bits per heavy atom. The van der Waals surface area contributed by atoms with E-state index in [1.54, 1.807) is 37.4 Å². The lowest BCUT2D eigenvalue weighted by Gasteiger charge is -2.12. The van der Waals surface area contributed by atoms with Gasteiger partial charge in [0.2, 0.25) is 0 Å². The molecule has 21 heavy (non-hydrogen) atoms. The van der Waals surface area contributed by atoms with E-state index in [0.717, 1.165) is 5.56 Å². The maximum Gasteiger partial charge on any atom is 0.419 e. The molecule has 0 bridgehead atoms. The monoisotopic (exact) mass is 413 g/mol. The summed E-state index contributed by atoms with van der Waals surface area (Å²) in [5.41, 5.74) is 2.52. The summed E-state index contributed by atoms with van der Waals surface area (Å²) in [5.74, 6) is -0.726. The van der Waals surface area contributed by atoms with Crippen molar-refractivity contribution in [2.24, 2.45) is 7.05 Å². The SMILES string of the molecule is Cn1c(=O)oc2cc(C(Br)c3cccc(Br)c3F)ccc21. The Labute approximate surface area is 136 Å². The Morgan fingerprint density at radius 3 is 2.81 bits per heavy atom. The molecule has 3 nitrogen and oxygen atoms in total. The van der Waals surface area contributed by atoms with Gasteiger partial charge < -0.3 is 4.42 Å². The molecule has 6 heteroatoms. The third-order valence-corrected chi connectivity index (χ3v) is 5.00. The van der Waals surface area contributed by atoms with Gasteiger partial charge in [0.1, 0.15) is 5.82 Å². The normalized spacial score (nSPS) is 12.8. The maximum absolute atomic E-state index is 14.2. The van der Waals surface area contributed by atoms with Crippen molar-refractivity contribution in [3.05, 3.63) is 68.4 Å². The Bertz CT molecular complexity index is 885. The zero-order chi connectivity index (χ0) is 15.1. The first-order chi connectivity index (χ1) is 9.99. The van der Waals surface area contributed by atoms with E-state index in [9.17, 15) is 9.18 Å². The van der Waals surface area contributed by atoms with Crippen molar-refractivity contribution in [2.75, 3.05) is 0 Å². The van der Waals surface area contributed by atoms with E-state index in [1.807, 2.05) is 6.07 Å². The highest BCUT2D eigenvalue weighted by Crippen LogP contribution is 2.35. The number of hydrogen-bond donors (Lipinski definition) is 0. The lowest BCUT2D eigenvalue weighted by Crippen LogP contribution is -2.08. The van der Waals surface area contributed by atoms with Crippen LogP contribution in [0.15, 0.2) is 50.1 Å². The fourth-order valence-corrected chi connectivity index (χ4v) is 3.22. The number of oxazole rings is 1. The second-order valence-corrected chi connectivity index (χ2v) is 6.43. The molecule has 1 unspecified atom stereocenters. The van der Waals surface area contributed by atoms with Crippen LogP contribution in [0.25, 0.3) is 11.1 Å². The molecule has 3 aromatic rings. The first-order valence-corrected chi connectivity index (χ1v) is 7.87. The van der Waals surface area contributed by atoms with Crippen LogP contribution in [-0.4, -0.2) is 4.57 Å². The van der Waals surface area contributed by atoms with Crippen molar-refractivity contribution in [1.29, 1.82) is 0 Å². The molecule has 1 heterocycles. The van der Waals surface area contributed by atoms with Crippen LogP contribution in [0.1, 0.15) is 16.0 Å². The van der Waals surface area contributed by atoms with Crippen LogP contribution >= 0.6 is 31.9 Å². The lowest BCUT2D eigenvalue weighted by atomic mass is 10.0. The van der Waals surface area contributed by atoms with Crippen LogP contribution in [0.2, 0.25) is 0 Å². The molecule has 0 aliphatic rings. The summed E-state index contributed by atoms with van der Waals surface area (Å²) in [7, 11) is 1.65. The van der Waals surface area contributed by atoms with Gasteiger partial charge in [-0.25, -0.2) is 9.18 Å². The van der Waals surface area contributed by atoms with Gasteiger partial charge >= 0.3 is 5.76 Å². The summed E-state index contributed by atoms with van der Waals surface area (Å²) in [6.45, 7) is 0. The summed E-state index contributed by atoms with van der Waals surface area (Å²) in [4.78, 5) is 11.2. The number of nitrogens with zero attached hydrogens (tertiary/aromatic N) is 1. The van der Waals surface area contributed by atoms with Gasteiger partial charge in [-0.1, -0.05) is 34.1 Å². The molecule has 1 atom stereocenters. The highest BCUT2D eigenvalue weighted by Gasteiger charge is 2.18. The first kappa shape index (κ1) is 14.5. The summed E-state index contributed by atoms with van der Waals surface area (Å²) in [5, 5.41) is 0. The zero-order valence-corrected chi connectivity index (χ0v) is 14.1. The van der Waals surface area contributed by atoms with Crippen LogP contribution in [-0.2, 0) is 7.05 Å². The topological polar surface area (TPSA) is 35.1 Å². The third kappa shape index (κ3) is 2.46. The smallest absolute Gasteiger partial charge is 0.408 e. The van der Waals surface area contributed by atoms with Crippen molar-refractivity contribution >= 4 is 43.0 Å². The molecule has 0 aliphatic heterocycles. The largest absolute Gasteiger partial charge is 0.419 e. The molecule has 0 saturated heterocycles.